The van der Waals surface area contributed by atoms with Crippen LogP contribution < -0.4 is 0 Å². The van der Waals surface area contributed by atoms with Crippen LogP contribution in [0.25, 0.3) is 0 Å². The molecule has 1 aliphatic carbocycles. The van der Waals surface area contributed by atoms with Crippen LogP contribution in [-0.2, 0) is 5.72 Å². The summed E-state index contributed by atoms with van der Waals surface area (Å²) >= 11 is 6.20. The largest absolute Gasteiger partial charge is 0.465 e. The molecule has 1 fully saturated rings. The van der Waals surface area contributed by atoms with Gasteiger partial charge in [0.15, 0.2) is 5.72 Å². The molecule has 2 rings (SSSR count). The van der Waals surface area contributed by atoms with Gasteiger partial charge in [0.05, 0.1) is 0 Å². The SMILES string of the molecule is CC[C@@](O)(c1ccccc1Cl)N(C(=O)O)C1CCCCC1. The molecule has 0 saturated heterocycles. The monoisotopic (exact) mass is 311 g/mol. The van der Waals surface area contributed by atoms with Gasteiger partial charge in [-0.2, -0.15) is 0 Å². The van der Waals surface area contributed by atoms with Crippen molar-refractivity contribution in [2.75, 3.05) is 0 Å². The lowest BCUT2D eigenvalue weighted by atomic mass is 9.89. The van der Waals surface area contributed by atoms with Gasteiger partial charge >= 0.3 is 6.09 Å². The van der Waals surface area contributed by atoms with Crippen LogP contribution in [0.2, 0.25) is 5.02 Å². The Hall–Kier alpha value is -1.26. The number of carbonyl (C=O) groups is 1. The maximum absolute atomic E-state index is 11.8. The zero-order valence-corrected chi connectivity index (χ0v) is 13.0. The Morgan fingerprint density at radius 1 is 1.33 bits per heavy atom. The van der Waals surface area contributed by atoms with Crippen LogP contribution in [-0.4, -0.2) is 27.2 Å². The Morgan fingerprint density at radius 2 is 1.95 bits per heavy atom. The van der Waals surface area contributed by atoms with Crippen LogP contribution in [0.15, 0.2) is 24.3 Å². The third-order valence-electron chi connectivity index (χ3n) is 4.34. The van der Waals surface area contributed by atoms with E-state index in [1.165, 1.54) is 4.90 Å². The Bertz CT molecular complexity index is 502. The summed E-state index contributed by atoms with van der Waals surface area (Å²) in [7, 11) is 0. The predicted octanol–water partition coefficient (Wildman–Crippen LogP) is 4.21. The molecule has 1 aromatic rings. The second-order valence-corrected chi connectivity index (χ2v) is 6.00. The van der Waals surface area contributed by atoms with Gasteiger partial charge in [-0.25, -0.2) is 4.79 Å². The molecule has 2 N–H and O–H groups in total. The van der Waals surface area contributed by atoms with Crippen LogP contribution in [0, 0.1) is 0 Å². The summed E-state index contributed by atoms with van der Waals surface area (Å²) in [4.78, 5) is 13.0. The molecular formula is C16H22ClNO3. The van der Waals surface area contributed by atoms with Gasteiger partial charge in [-0.05, 0) is 25.3 Å². The molecule has 0 bridgehead atoms. The number of hydrogen-bond donors (Lipinski definition) is 2. The van der Waals surface area contributed by atoms with Crippen LogP contribution >= 0.6 is 11.6 Å². The molecule has 0 aromatic heterocycles. The minimum Gasteiger partial charge on any atom is -0.465 e. The number of carboxylic acid groups (broad SMARTS) is 1. The van der Waals surface area contributed by atoms with E-state index >= 15 is 0 Å². The van der Waals surface area contributed by atoms with E-state index in [2.05, 4.69) is 0 Å². The maximum Gasteiger partial charge on any atom is 0.410 e. The number of rotatable bonds is 4. The van der Waals surface area contributed by atoms with Crippen LogP contribution in [0.4, 0.5) is 4.79 Å². The van der Waals surface area contributed by atoms with Gasteiger partial charge in [0, 0.05) is 16.6 Å². The molecule has 0 unspecified atom stereocenters. The standard InChI is InChI=1S/C16H22ClNO3/c1-2-16(21,13-10-6-7-11-14(13)17)18(15(19)20)12-8-4-3-5-9-12/h6-7,10-12,21H,2-5,8-9H2,1H3,(H,19,20)/t16-/m1/s1. The number of aliphatic hydroxyl groups is 1. The van der Waals surface area contributed by atoms with E-state index in [4.69, 9.17) is 11.6 Å². The van der Waals surface area contributed by atoms with Crippen molar-refractivity contribution in [2.24, 2.45) is 0 Å². The number of amides is 1. The Morgan fingerprint density at radius 3 is 2.48 bits per heavy atom. The maximum atomic E-state index is 11.8. The third-order valence-corrected chi connectivity index (χ3v) is 4.67. The fraction of sp³-hybridized carbons (Fsp3) is 0.562. The van der Waals surface area contributed by atoms with Gasteiger partial charge in [-0.3, -0.25) is 4.90 Å². The predicted molar refractivity (Wildman–Crippen MR) is 82.4 cm³/mol. The molecule has 0 spiro atoms. The van der Waals surface area contributed by atoms with E-state index in [1.54, 1.807) is 31.2 Å². The van der Waals surface area contributed by atoms with E-state index in [0.717, 1.165) is 32.1 Å². The molecular weight excluding hydrogens is 290 g/mol. The lowest BCUT2D eigenvalue weighted by Crippen LogP contribution is -2.54. The van der Waals surface area contributed by atoms with Gasteiger partial charge in [-0.15, -0.1) is 0 Å². The number of nitrogens with zero attached hydrogens (tertiary/aromatic N) is 1. The summed E-state index contributed by atoms with van der Waals surface area (Å²) in [5, 5.41) is 21.2. The molecule has 21 heavy (non-hydrogen) atoms. The first-order chi connectivity index (χ1) is 10.0. The molecule has 1 atom stereocenters. The minimum absolute atomic E-state index is 0.155. The van der Waals surface area contributed by atoms with Gasteiger partial charge in [0.25, 0.3) is 0 Å². The van der Waals surface area contributed by atoms with E-state index in [1.807, 2.05) is 0 Å². The molecule has 5 heteroatoms. The number of benzene rings is 1. The molecule has 1 saturated carbocycles. The van der Waals surface area contributed by atoms with Crippen molar-refractivity contribution in [2.45, 2.75) is 57.2 Å². The first-order valence-electron chi connectivity index (χ1n) is 7.50. The van der Waals surface area contributed by atoms with Gasteiger partial charge in [-0.1, -0.05) is 56.0 Å². The van der Waals surface area contributed by atoms with Crippen molar-refractivity contribution in [3.05, 3.63) is 34.9 Å². The van der Waals surface area contributed by atoms with Crippen LogP contribution in [0.3, 0.4) is 0 Å². The van der Waals surface area contributed by atoms with E-state index < -0.39 is 11.8 Å². The molecule has 116 valence electrons. The van der Waals surface area contributed by atoms with Crippen molar-refractivity contribution >= 4 is 17.7 Å². The Balaban J connectivity index is 2.43. The lowest BCUT2D eigenvalue weighted by Gasteiger charge is -2.44. The molecule has 4 nitrogen and oxygen atoms in total. The fourth-order valence-electron chi connectivity index (χ4n) is 3.23. The molecule has 0 heterocycles. The van der Waals surface area contributed by atoms with E-state index in [-0.39, 0.29) is 12.5 Å². The third kappa shape index (κ3) is 3.16. The molecule has 0 aliphatic heterocycles. The van der Waals surface area contributed by atoms with Crippen molar-refractivity contribution in [1.82, 2.24) is 4.90 Å². The van der Waals surface area contributed by atoms with Crippen molar-refractivity contribution in [3.63, 3.8) is 0 Å². The average molecular weight is 312 g/mol. The average Bonchev–Trinajstić information content (AvgIpc) is 2.48. The summed E-state index contributed by atoms with van der Waals surface area (Å²) in [5.74, 6) is 0. The molecule has 0 radical (unpaired) electrons. The highest BCUT2D eigenvalue weighted by atomic mass is 35.5. The zero-order valence-electron chi connectivity index (χ0n) is 12.3. The quantitative estimate of drug-likeness (QED) is 0.819. The highest BCUT2D eigenvalue weighted by Gasteiger charge is 2.43. The second-order valence-electron chi connectivity index (χ2n) is 5.59. The van der Waals surface area contributed by atoms with Gasteiger partial charge in [0.2, 0.25) is 0 Å². The molecule has 1 aliphatic rings. The Kier molecular flexibility index (Phi) is 5.12. The Labute approximate surface area is 130 Å². The number of halogens is 1. The summed E-state index contributed by atoms with van der Waals surface area (Å²) in [6.45, 7) is 1.78. The fourth-order valence-corrected chi connectivity index (χ4v) is 3.52. The van der Waals surface area contributed by atoms with E-state index in [0.29, 0.717) is 10.6 Å². The summed E-state index contributed by atoms with van der Waals surface area (Å²) in [6.07, 6.45) is 3.87. The van der Waals surface area contributed by atoms with Gasteiger partial charge in [0.1, 0.15) is 0 Å². The summed E-state index contributed by atoms with van der Waals surface area (Å²) < 4.78 is 0. The van der Waals surface area contributed by atoms with Crippen molar-refractivity contribution < 1.29 is 15.0 Å². The minimum atomic E-state index is -1.58. The lowest BCUT2D eigenvalue weighted by molar-refractivity contribution is -0.124. The normalized spacial score (nSPS) is 19.0. The first kappa shape index (κ1) is 16.1. The first-order valence-corrected chi connectivity index (χ1v) is 7.88. The number of hydrogen-bond acceptors (Lipinski definition) is 2. The van der Waals surface area contributed by atoms with Crippen LogP contribution in [0.5, 0.6) is 0 Å². The van der Waals surface area contributed by atoms with Crippen molar-refractivity contribution in [3.8, 4) is 0 Å². The van der Waals surface area contributed by atoms with Gasteiger partial charge < -0.3 is 10.2 Å². The topological polar surface area (TPSA) is 60.8 Å². The highest BCUT2D eigenvalue weighted by Crippen LogP contribution is 2.38. The summed E-state index contributed by atoms with van der Waals surface area (Å²) in [6, 6.07) is 6.76. The summed E-state index contributed by atoms with van der Waals surface area (Å²) in [5.41, 5.74) is -1.12. The molecule has 1 amide bonds. The second kappa shape index (κ2) is 6.67. The zero-order chi connectivity index (χ0) is 15.5. The van der Waals surface area contributed by atoms with Crippen molar-refractivity contribution in [1.29, 1.82) is 0 Å². The highest BCUT2D eigenvalue weighted by molar-refractivity contribution is 6.31. The van der Waals surface area contributed by atoms with E-state index in [9.17, 15) is 15.0 Å². The molecule has 1 aromatic carbocycles. The smallest absolute Gasteiger partial charge is 0.410 e. The van der Waals surface area contributed by atoms with Crippen LogP contribution in [0.1, 0.15) is 51.0 Å².